The van der Waals surface area contributed by atoms with E-state index in [0.717, 1.165) is 50.2 Å². The zero-order valence-electron chi connectivity index (χ0n) is 37.2. The normalized spacial score (nSPS) is 12.1. The van der Waals surface area contributed by atoms with Crippen LogP contribution in [-0.2, 0) is 0 Å². The lowest BCUT2D eigenvalue weighted by Crippen LogP contribution is -1.97. The third-order valence-electron chi connectivity index (χ3n) is 14.3. The minimum atomic E-state index is 1.03. The van der Waals surface area contributed by atoms with E-state index in [2.05, 4.69) is 230 Å². The first-order valence-corrected chi connectivity index (χ1v) is 23.1. The molecule has 0 amide bonds. The highest BCUT2D eigenvalue weighted by atomic mass is 15.0. The molecule has 2 aromatic heterocycles. The zero-order valence-corrected chi connectivity index (χ0v) is 37.2. The lowest BCUT2D eigenvalue weighted by Gasteiger charge is -2.16. The molecule has 2 nitrogen and oxygen atoms in total. The van der Waals surface area contributed by atoms with Gasteiger partial charge in [-0.2, -0.15) is 0 Å². The fourth-order valence-corrected chi connectivity index (χ4v) is 11.4. The maximum Gasteiger partial charge on any atom is 0.0553 e. The van der Waals surface area contributed by atoms with E-state index in [1.54, 1.807) is 0 Å². The summed E-state index contributed by atoms with van der Waals surface area (Å²) in [5.74, 6) is 0. The third-order valence-corrected chi connectivity index (χ3v) is 14.3. The number of benzene rings is 10. The maximum absolute atomic E-state index is 4.32. The molecule has 0 unspecified atom stereocenters. The van der Waals surface area contributed by atoms with Gasteiger partial charge >= 0.3 is 0 Å². The van der Waals surface area contributed by atoms with Gasteiger partial charge in [0.05, 0.1) is 22.2 Å². The van der Waals surface area contributed by atoms with Gasteiger partial charge in [-0.05, 0) is 156 Å². The number of rotatable bonds is 8. The van der Waals surface area contributed by atoms with Crippen molar-refractivity contribution >= 4 is 89.3 Å². The minimum Gasteiger partial charge on any atom is -0.309 e. The summed E-state index contributed by atoms with van der Waals surface area (Å²) < 4.78 is 4.82. The molecule has 10 aromatic carbocycles. The Morgan fingerprint density at radius 3 is 1.72 bits per heavy atom. The molecule has 0 saturated heterocycles. The number of allylic oxidation sites excluding steroid dienone is 1. The fraction of sp³-hybridized carbons (Fsp3) is 0.0154. The Kier molecular flexibility index (Phi) is 8.62. The molecule has 12 aromatic rings. The van der Waals surface area contributed by atoms with E-state index in [9.17, 15) is 0 Å². The molecule has 0 saturated carbocycles. The van der Waals surface area contributed by atoms with Gasteiger partial charge in [0, 0.05) is 33.1 Å². The average molecular weight is 853 g/mol. The van der Waals surface area contributed by atoms with E-state index in [-0.39, 0.29) is 0 Å². The van der Waals surface area contributed by atoms with Crippen molar-refractivity contribution in [1.82, 2.24) is 9.13 Å². The van der Waals surface area contributed by atoms with E-state index >= 15 is 0 Å². The molecule has 2 heteroatoms. The summed E-state index contributed by atoms with van der Waals surface area (Å²) in [4.78, 5) is 0. The SMILES string of the molecule is C=Cc1c(/C=C\C)c2ccc(-n3c4ccc(-c5ccc6c(c5)c(C=C)c(C=C)n6-c5cccc(-c6ccccc6)c5)cc4c4c5cccc6c5c(cc43)-c3ccccc3-6)cc2c2ccccc12. The van der Waals surface area contributed by atoms with Crippen LogP contribution in [0.4, 0.5) is 0 Å². The molecule has 2 heterocycles. The van der Waals surface area contributed by atoms with E-state index in [4.69, 9.17) is 0 Å². The summed E-state index contributed by atoms with van der Waals surface area (Å²) in [5, 5.41) is 11.1. The lowest BCUT2D eigenvalue weighted by atomic mass is 9.91. The van der Waals surface area contributed by atoms with Crippen molar-refractivity contribution in [2.45, 2.75) is 6.92 Å². The molecule has 314 valence electrons. The summed E-state index contributed by atoms with van der Waals surface area (Å²) >= 11 is 0. The lowest BCUT2D eigenvalue weighted by molar-refractivity contribution is 1.11. The second-order valence-electron chi connectivity index (χ2n) is 17.7. The fourth-order valence-electron chi connectivity index (χ4n) is 11.4. The molecule has 1 aliphatic carbocycles. The summed E-state index contributed by atoms with van der Waals surface area (Å²) in [5.41, 5.74) is 20.0. The van der Waals surface area contributed by atoms with Crippen molar-refractivity contribution in [3.05, 3.63) is 230 Å². The smallest absolute Gasteiger partial charge is 0.0553 e. The van der Waals surface area contributed by atoms with Gasteiger partial charge < -0.3 is 9.13 Å². The number of aromatic nitrogens is 2. The summed E-state index contributed by atoms with van der Waals surface area (Å²) in [6, 6.07) is 67.2. The molecular formula is C65H44N2. The minimum absolute atomic E-state index is 1.03. The van der Waals surface area contributed by atoms with Crippen LogP contribution in [0.3, 0.4) is 0 Å². The maximum atomic E-state index is 4.32. The molecule has 0 atom stereocenters. The highest BCUT2D eigenvalue weighted by molar-refractivity contribution is 6.30. The van der Waals surface area contributed by atoms with Crippen LogP contribution in [0, 0.1) is 0 Å². The molecule has 0 aliphatic heterocycles. The second-order valence-corrected chi connectivity index (χ2v) is 17.7. The summed E-state index contributed by atoms with van der Waals surface area (Å²) in [6.07, 6.45) is 10.3. The molecule has 67 heavy (non-hydrogen) atoms. The Labute approximate surface area is 389 Å². The topological polar surface area (TPSA) is 9.86 Å². The highest BCUT2D eigenvalue weighted by Gasteiger charge is 2.26. The number of nitrogens with zero attached hydrogens (tertiary/aromatic N) is 2. The van der Waals surface area contributed by atoms with Gasteiger partial charge in [-0.15, -0.1) is 0 Å². The molecule has 0 bridgehead atoms. The van der Waals surface area contributed by atoms with Crippen molar-refractivity contribution in [3.63, 3.8) is 0 Å². The monoisotopic (exact) mass is 852 g/mol. The predicted molar refractivity (Wildman–Crippen MR) is 290 cm³/mol. The van der Waals surface area contributed by atoms with Crippen molar-refractivity contribution in [1.29, 1.82) is 0 Å². The van der Waals surface area contributed by atoms with Crippen LogP contribution < -0.4 is 0 Å². The Morgan fingerprint density at radius 1 is 0.343 bits per heavy atom. The Bertz CT molecular complexity index is 4150. The first kappa shape index (κ1) is 38.7. The van der Waals surface area contributed by atoms with Crippen molar-refractivity contribution in [2.24, 2.45) is 0 Å². The molecular weight excluding hydrogens is 809 g/mol. The van der Waals surface area contributed by atoms with Gasteiger partial charge in [0.1, 0.15) is 0 Å². The molecule has 0 radical (unpaired) electrons. The highest BCUT2D eigenvalue weighted by Crippen LogP contribution is 2.52. The number of hydrogen-bond donors (Lipinski definition) is 0. The van der Waals surface area contributed by atoms with Crippen LogP contribution in [0.5, 0.6) is 0 Å². The van der Waals surface area contributed by atoms with Crippen LogP contribution in [0.25, 0.3) is 145 Å². The molecule has 0 spiro atoms. The Hall–Kier alpha value is -8.72. The van der Waals surface area contributed by atoms with Gasteiger partial charge in [-0.1, -0.05) is 171 Å². The Balaban J connectivity index is 1.06. The molecule has 13 rings (SSSR count). The number of hydrogen-bond acceptors (Lipinski definition) is 0. The van der Waals surface area contributed by atoms with Crippen molar-refractivity contribution < 1.29 is 0 Å². The van der Waals surface area contributed by atoms with Gasteiger partial charge in [0.15, 0.2) is 0 Å². The molecule has 1 aliphatic rings. The standard InChI is InChI=1S/C65H44N2/c1-5-18-48-46(6-2)49-23-12-14-25-51(49)56-38-45(31-32-53(48)56)67-62-34-30-43(37-59(62)65-55-28-17-27-54-50-24-13-15-26-52(50)58(64(54)55)39-63(65)67)42-29-33-61-57(36-42)47(7-3)60(8-4)66(61)44-22-16-21-41(35-44)40-19-10-9-11-20-40/h5-39H,2-4H2,1H3/b18-5-. The average Bonchev–Trinajstić information content (AvgIpc) is 4.02. The first-order chi connectivity index (χ1) is 33.1. The molecule has 0 fully saturated rings. The van der Waals surface area contributed by atoms with Crippen molar-refractivity contribution in [2.75, 3.05) is 0 Å². The van der Waals surface area contributed by atoms with E-state index in [1.807, 2.05) is 18.2 Å². The number of fused-ring (bicyclic) bond motifs is 11. The van der Waals surface area contributed by atoms with Crippen molar-refractivity contribution in [3.8, 4) is 55.9 Å². The summed E-state index contributed by atoms with van der Waals surface area (Å²) in [7, 11) is 0. The predicted octanol–water partition coefficient (Wildman–Crippen LogP) is 18.1. The van der Waals surface area contributed by atoms with Crippen LogP contribution in [0.2, 0.25) is 0 Å². The second kappa shape index (κ2) is 14.9. The first-order valence-electron chi connectivity index (χ1n) is 23.1. The van der Waals surface area contributed by atoms with Gasteiger partial charge in [-0.3, -0.25) is 0 Å². The Morgan fingerprint density at radius 2 is 0.955 bits per heavy atom. The van der Waals surface area contributed by atoms with E-state index < -0.39 is 0 Å². The molecule has 0 N–H and O–H groups in total. The quantitative estimate of drug-likeness (QED) is 0.135. The van der Waals surface area contributed by atoms with Crippen LogP contribution in [-0.4, -0.2) is 9.13 Å². The van der Waals surface area contributed by atoms with E-state index in [0.29, 0.717) is 0 Å². The van der Waals surface area contributed by atoms with Crippen LogP contribution in [0.15, 0.2) is 208 Å². The van der Waals surface area contributed by atoms with Crippen LogP contribution >= 0.6 is 0 Å². The van der Waals surface area contributed by atoms with Crippen LogP contribution in [0.1, 0.15) is 29.3 Å². The van der Waals surface area contributed by atoms with Gasteiger partial charge in [0.25, 0.3) is 0 Å². The summed E-state index contributed by atoms with van der Waals surface area (Å²) in [6.45, 7) is 15.0. The van der Waals surface area contributed by atoms with Gasteiger partial charge in [0.2, 0.25) is 0 Å². The zero-order chi connectivity index (χ0) is 44.9. The van der Waals surface area contributed by atoms with Gasteiger partial charge in [-0.25, -0.2) is 0 Å². The largest absolute Gasteiger partial charge is 0.309 e. The third kappa shape index (κ3) is 5.57. The van der Waals surface area contributed by atoms with E-state index in [1.165, 1.54) is 93.1 Å².